The summed E-state index contributed by atoms with van der Waals surface area (Å²) in [5, 5.41) is 2.93. The molecule has 3 rings (SSSR count). The molecule has 1 saturated heterocycles. The Bertz CT molecular complexity index is 793. The lowest BCUT2D eigenvalue weighted by molar-refractivity contribution is -0.125. The number of nitrogens with zero attached hydrogens (tertiary/aromatic N) is 1. The SMILES string of the molecule is O=C(COC(=O)c1ccc(S(=O)(=O)N2CCCCC2)cc1)NC1CCCCCC1. The van der Waals surface area contributed by atoms with Crippen molar-refractivity contribution in [2.75, 3.05) is 19.7 Å². The summed E-state index contributed by atoms with van der Waals surface area (Å²) in [6, 6.07) is 5.87. The fraction of sp³-hybridized carbons (Fsp3) is 0.619. The highest BCUT2D eigenvalue weighted by Gasteiger charge is 2.26. The minimum atomic E-state index is -3.53. The molecule has 0 radical (unpaired) electrons. The molecular formula is C21H30N2O5S. The van der Waals surface area contributed by atoms with Gasteiger partial charge in [0.2, 0.25) is 10.0 Å². The summed E-state index contributed by atoms with van der Waals surface area (Å²) in [5.74, 6) is -0.933. The first-order chi connectivity index (χ1) is 14.0. The summed E-state index contributed by atoms with van der Waals surface area (Å²) < 4.78 is 31.9. The normalized spacial score (nSPS) is 19.3. The number of ether oxygens (including phenoxy) is 1. The number of sulfonamides is 1. The molecule has 0 bridgehead atoms. The number of carbonyl (C=O) groups excluding carboxylic acids is 2. The third-order valence-electron chi connectivity index (χ3n) is 5.60. The average Bonchev–Trinajstić information content (AvgIpc) is 3.01. The maximum absolute atomic E-state index is 12.7. The van der Waals surface area contributed by atoms with E-state index in [-0.39, 0.29) is 29.0 Å². The number of benzene rings is 1. The number of nitrogens with one attached hydrogen (secondary N) is 1. The summed E-state index contributed by atoms with van der Waals surface area (Å²) >= 11 is 0. The fourth-order valence-electron chi connectivity index (χ4n) is 3.92. The van der Waals surface area contributed by atoms with E-state index < -0.39 is 16.0 Å². The topological polar surface area (TPSA) is 92.8 Å². The molecule has 0 spiro atoms. The quantitative estimate of drug-likeness (QED) is 0.562. The number of hydrogen-bond acceptors (Lipinski definition) is 5. The Kier molecular flexibility index (Phi) is 7.66. The molecular weight excluding hydrogens is 392 g/mol. The number of amides is 1. The molecule has 0 aromatic heterocycles. The Morgan fingerprint density at radius 1 is 0.931 bits per heavy atom. The number of hydrogen-bond donors (Lipinski definition) is 1. The van der Waals surface area contributed by atoms with Crippen molar-refractivity contribution in [2.45, 2.75) is 68.7 Å². The van der Waals surface area contributed by atoms with E-state index in [1.54, 1.807) is 0 Å². The largest absolute Gasteiger partial charge is 0.452 e. The lowest BCUT2D eigenvalue weighted by Crippen LogP contribution is -2.37. The minimum absolute atomic E-state index is 0.156. The molecule has 7 nitrogen and oxygen atoms in total. The third kappa shape index (κ3) is 6.02. The van der Waals surface area contributed by atoms with Crippen LogP contribution in [0.1, 0.15) is 68.1 Å². The predicted molar refractivity (Wildman–Crippen MR) is 109 cm³/mol. The van der Waals surface area contributed by atoms with E-state index in [0.29, 0.717) is 13.1 Å². The molecule has 8 heteroatoms. The van der Waals surface area contributed by atoms with Gasteiger partial charge in [-0.25, -0.2) is 13.2 Å². The summed E-state index contributed by atoms with van der Waals surface area (Å²) in [7, 11) is -3.53. The standard InChI is InChI=1S/C21H30N2O5S/c24-20(22-18-8-4-1-2-5-9-18)16-28-21(25)17-10-12-19(13-11-17)29(26,27)23-14-6-3-7-15-23/h10-13,18H,1-9,14-16H2,(H,22,24). The molecule has 1 aromatic carbocycles. The zero-order chi connectivity index (χ0) is 20.7. The molecule has 1 amide bonds. The van der Waals surface area contributed by atoms with Gasteiger partial charge in [-0.05, 0) is 49.9 Å². The second kappa shape index (κ2) is 10.2. The van der Waals surface area contributed by atoms with Crippen LogP contribution in [0.15, 0.2) is 29.2 Å². The van der Waals surface area contributed by atoms with Crippen molar-refractivity contribution in [3.63, 3.8) is 0 Å². The second-order valence-corrected chi connectivity index (χ2v) is 9.76. The molecule has 29 heavy (non-hydrogen) atoms. The zero-order valence-corrected chi connectivity index (χ0v) is 17.6. The Labute approximate surface area is 172 Å². The Balaban J connectivity index is 1.51. The molecule has 1 saturated carbocycles. The number of piperidine rings is 1. The second-order valence-electron chi connectivity index (χ2n) is 7.82. The van der Waals surface area contributed by atoms with E-state index >= 15 is 0 Å². The van der Waals surface area contributed by atoms with Crippen molar-refractivity contribution in [1.82, 2.24) is 9.62 Å². The van der Waals surface area contributed by atoms with Crippen LogP contribution in [0.4, 0.5) is 0 Å². The molecule has 1 heterocycles. The minimum Gasteiger partial charge on any atom is -0.452 e. The van der Waals surface area contributed by atoms with Gasteiger partial charge < -0.3 is 10.1 Å². The highest BCUT2D eigenvalue weighted by molar-refractivity contribution is 7.89. The third-order valence-corrected chi connectivity index (χ3v) is 7.51. The van der Waals surface area contributed by atoms with Crippen molar-refractivity contribution in [3.8, 4) is 0 Å². The smallest absolute Gasteiger partial charge is 0.338 e. The summed E-state index contributed by atoms with van der Waals surface area (Å²) in [6.07, 6.45) is 9.33. The molecule has 0 atom stereocenters. The molecule has 1 aliphatic heterocycles. The van der Waals surface area contributed by atoms with E-state index in [1.807, 2.05) is 0 Å². The van der Waals surface area contributed by atoms with E-state index in [9.17, 15) is 18.0 Å². The molecule has 160 valence electrons. The Hall–Kier alpha value is -1.93. The van der Waals surface area contributed by atoms with Crippen molar-refractivity contribution < 1.29 is 22.7 Å². The van der Waals surface area contributed by atoms with Gasteiger partial charge in [0, 0.05) is 19.1 Å². The maximum Gasteiger partial charge on any atom is 0.338 e. The van der Waals surface area contributed by atoms with Crippen LogP contribution in [0, 0.1) is 0 Å². The maximum atomic E-state index is 12.7. The van der Waals surface area contributed by atoms with E-state index in [4.69, 9.17) is 4.74 Å². The van der Waals surface area contributed by atoms with Crippen LogP contribution in [-0.2, 0) is 19.6 Å². The van der Waals surface area contributed by atoms with Crippen molar-refractivity contribution in [3.05, 3.63) is 29.8 Å². The average molecular weight is 423 g/mol. The van der Waals surface area contributed by atoms with E-state index in [1.165, 1.54) is 41.4 Å². The monoisotopic (exact) mass is 422 g/mol. The van der Waals surface area contributed by atoms with Crippen LogP contribution < -0.4 is 5.32 Å². The van der Waals surface area contributed by atoms with Gasteiger partial charge in [-0.1, -0.05) is 32.1 Å². The lowest BCUT2D eigenvalue weighted by Gasteiger charge is -2.25. The van der Waals surface area contributed by atoms with Gasteiger partial charge in [0.25, 0.3) is 5.91 Å². The van der Waals surface area contributed by atoms with Crippen LogP contribution >= 0.6 is 0 Å². The van der Waals surface area contributed by atoms with Crippen LogP contribution in [0.2, 0.25) is 0 Å². The van der Waals surface area contributed by atoms with Crippen LogP contribution in [0.25, 0.3) is 0 Å². The summed E-state index contributed by atoms with van der Waals surface area (Å²) in [6.45, 7) is 0.730. The number of carbonyl (C=O) groups is 2. The van der Waals surface area contributed by atoms with Crippen molar-refractivity contribution in [1.29, 1.82) is 0 Å². The van der Waals surface area contributed by atoms with Gasteiger partial charge >= 0.3 is 5.97 Å². The molecule has 0 unspecified atom stereocenters. The zero-order valence-electron chi connectivity index (χ0n) is 16.8. The van der Waals surface area contributed by atoms with Gasteiger partial charge in [0.1, 0.15) is 0 Å². The van der Waals surface area contributed by atoms with Crippen molar-refractivity contribution in [2.24, 2.45) is 0 Å². The van der Waals surface area contributed by atoms with Crippen LogP contribution in [0.5, 0.6) is 0 Å². The van der Waals surface area contributed by atoms with Gasteiger partial charge in [0.05, 0.1) is 10.5 Å². The molecule has 1 aliphatic carbocycles. The first-order valence-electron chi connectivity index (χ1n) is 10.5. The summed E-state index contributed by atoms with van der Waals surface area (Å²) in [4.78, 5) is 24.4. The van der Waals surface area contributed by atoms with E-state index in [2.05, 4.69) is 5.32 Å². The van der Waals surface area contributed by atoms with E-state index in [0.717, 1.165) is 44.9 Å². The number of rotatable bonds is 6. The summed E-state index contributed by atoms with van der Waals surface area (Å²) in [5.41, 5.74) is 0.227. The first kappa shape index (κ1) is 21.8. The predicted octanol–water partition coefficient (Wildman–Crippen LogP) is 2.86. The highest BCUT2D eigenvalue weighted by atomic mass is 32.2. The molecule has 1 aromatic rings. The number of esters is 1. The Morgan fingerprint density at radius 3 is 2.14 bits per heavy atom. The molecule has 2 aliphatic rings. The highest BCUT2D eigenvalue weighted by Crippen LogP contribution is 2.21. The fourth-order valence-corrected chi connectivity index (χ4v) is 5.44. The van der Waals surface area contributed by atoms with Crippen molar-refractivity contribution >= 4 is 21.9 Å². The van der Waals surface area contributed by atoms with Gasteiger partial charge in [-0.2, -0.15) is 4.31 Å². The lowest BCUT2D eigenvalue weighted by atomic mass is 10.1. The van der Waals surface area contributed by atoms with Gasteiger partial charge in [0.15, 0.2) is 6.61 Å². The van der Waals surface area contributed by atoms with Gasteiger partial charge in [-0.15, -0.1) is 0 Å². The Morgan fingerprint density at radius 2 is 1.52 bits per heavy atom. The van der Waals surface area contributed by atoms with Gasteiger partial charge in [-0.3, -0.25) is 4.79 Å². The molecule has 2 fully saturated rings. The molecule has 1 N–H and O–H groups in total. The first-order valence-corrected chi connectivity index (χ1v) is 12.0. The van der Waals surface area contributed by atoms with Crippen LogP contribution in [-0.4, -0.2) is 50.3 Å². The van der Waals surface area contributed by atoms with Crippen LogP contribution in [0.3, 0.4) is 0 Å².